The number of aryl methyl sites for hydroxylation is 1. The minimum atomic E-state index is -3.39. The molecule has 0 radical (unpaired) electrons. The van der Waals surface area contributed by atoms with E-state index in [9.17, 15) is 18.0 Å². The van der Waals surface area contributed by atoms with E-state index < -0.39 is 21.8 Å². The second kappa shape index (κ2) is 8.12. The van der Waals surface area contributed by atoms with Crippen molar-refractivity contribution in [3.8, 4) is 0 Å². The minimum Gasteiger partial charge on any atom is -0.368 e. The van der Waals surface area contributed by atoms with Crippen molar-refractivity contribution in [1.29, 1.82) is 0 Å². The number of nitrogens with one attached hydrogen (secondary N) is 2. The summed E-state index contributed by atoms with van der Waals surface area (Å²) in [5.41, 5.74) is 2.20. The summed E-state index contributed by atoms with van der Waals surface area (Å²) in [7, 11) is -3.39. The number of ether oxygens (including phenoxy) is 1. The molecule has 2 N–H and O–H groups in total. The third-order valence-corrected chi connectivity index (χ3v) is 5.60. The SMILES string of the molecule is Cc1cc(NC(=O)C2CCCO2)ccc1NC(=O)c1cccc(S(C)(=O)=O)c1. The lowest BCUT2D eigenvalue weighted by Crippen LogP contribution is -2.26. The fourth-order valence-corrected chi connectivity index (χ4v) is 3.62. The lowest BCUT2D eigenvalue weighted by Gasteiger charge is -2.13. The van der Waals surface area contributed by atoms with E-state index in [2.05, 4.69) is 10.6 Å². The van der Waals surface area contributed by atoms with Crippen molar-refractivity contribution in [2.24, 2.45) is 0 Å². The molecule has 0 aliphatic carbocycles. The molecule has 1 aliphatic rings. The van der Waals surface area contributed by atoms with E-state index in [-0.39, 0.29) is 16.4 Å². The Morgan fingerprint density at radius 3 is 2.54 bits per heavy atom. The molecule has 0 spiro atoms. The van der Waals surface area contributed by atoms with Gasteiger partial charge in [0.05, 0.1) is 4.90 Å². The zero-order chi connectivity index (χ0) is 20.3. The molecule has 1 heterocycles. The van der Waals surface area contributed by atoms with E-state index in [0.29, 0.717) is 24.4 Å². The van der Waals surface area contributed by atoms with Gasteiger partial charge in [0.1, 0.15) is 6.10 Å². The normalized spacial score (nSPS) is 16.6. The van der Waals surface area contributed by atoms with Crippen molar-refractivity contribution in [1.82, 2.24) is 0 Å². The third kappa shape index (κ3) is 4.76. The van der Waals surface area contributed by atoms with Crippen LogP contribution < -0.4 is 10.6 Å². The number of carbonyl (C=O) groups excluding carboxylic acids is 2. The van der Waals surface area contributed by atoms with Gasteiger partial charge in [0.2, 0.25) is 0 Å². The van der Waals surface area contributed by atoms with Gasteiger partial charge in [-0.2, -0.15) is 0 Å². The average Bonchev–Trinajstić information content (AvgIpc) is 3.18. The van der Waals surface area contributed by atoms with E-state index in [0.717, 1.165) is 18.2 Å². The number of benzene rings is 2. The molecule has 2 aromatic rings. The van der Waals surface area contributed by atoms with Gasteiger partial charge in [-0.3, -0.25) is 9.59 Å². The monoisotopic (exact) mass is 402 g/mol. The van der Waals surface area contributed by atoms with Crippen molar-refractivity contribution in [3.63, 3.8) is 0 Å². The molecular formula is C20H22N2O5S. The maximum Gasteiger partial charge on any atom is 0.255 e. The Hall–Kier alpha value is -2.71. The molecule has 2 aromatic carbocycles. The molecule has 8 heteroatoms. The van der Waals surface area contributed by atoms with Gasteiger partial charge in [-0.1, -0.05) is 6.07 Å². The number of hydrogen-bond donors (Lipinski definition) is 2. The number of hydrogen-bond acceptors (Lipinski definition) is 5. The fraction of sp³-hybridized carbons (Fsp3) is 0.300. The van der Waals surface area contributed by atoms with Crippen molar-refractivity contribution in [3.05, 3.63) is 53.6 Å². The predicted octanol–water partition coefficient (Wildman–Crippen LogP) is 2.77. The summed E-state index contributed by atoms with van der Waals surface area (Å²) < 4.78 is 28.7. The lowest BCUT2D eigenvalue weighted by atomic mass is 10.1. The number of sulfone groups is 1. The summed E-state index contributed by atoms with van der Waals surface area (Å²) in [6.07, 6.45) is 2.27. The Morgan fingerprint density at radius 1 is 1.11 bits per heavy atom. The van der Waals surface area contributed by atoms with E-state index in [4.69, 9.17) is 4.74 Å². The summed E-state index contributed by atoms with van der Waals surface area (Å²) in [6.45, 7) is 2.41. The zero-order valence-electron chi connectivity index (χ0n) is 15.7. The molecule has 28 heavy (non-hydrogen) atoms. The highest BCUT2D eigenvalue weighted by atomic mass is 32.2. The van der Waals surface area contributed by atoms with Crippen LogP contribution in [0.15, 0.2) is 47.4 Å². The molecule has 1 saturated heterocycles. The molecule has 3 rings (SSSR count). The van der Waals surface area contributed by atoms with Gasteiger partial charge in [0.15, 0.2) is 9.84 Å². The van der Waals surface area contributed by atoms with Crippen LogP contribution in [0.3, 0.4) is 0 Å². The summed E-state index contributed by atoms with van der Waals surface area (Å²) in [5, 5.41) is 5.59. The van der Waals surface area contributed by atoms with Crippen molar-refractivity contribution >= 4 is 33.0 Å². The molecule has 1 aliphatic heterocycles. The van der Waals surface area contributed by atoms with Crippen LogP contribution in [0.2, 0.25) is 0 Å². The van der Waals surface area contributed by atoms with E-state index in [1.807, 2.05) is 6.92 Å². The van der Waals surface area contributed by atoms with Crippen molar-refractivity contribution in [2.75, 3.05) is 23.5 Å². The molecule has 7 nitrogen and oxygen atoms in total. The maximum absolute atomic E-state index is 12.5. The number of rotatable bonds is 5. The summed E-state index contributed by atoms with van der Waals surface area (Å²) >= 11 is 0. The second-order valence-electron chi connectivity index (χ2n) is 6.77. The first-order valence-electron chi connectivity index (χ1n) is 8.88. The molecular weight excluding hydrogens is 380 g/mol. The number of anilines is 2. The van der Waals surface area contributed by atoms with Gasteiger partial charge < -0.3 is 15.4 Å². The van der Waals surface area contributed by atoms with Gasteiger partial charge in [-0.25, -0.2) is 8.42 Å². The Balaban J connectivity index is 1.71. The minimum absolute atomic E-state index is 0.0871. The van der Waals surface area contributed by atoms with Crippen LogP contribution in [0.1, 0.15) is 28.8 Å². The molecule has 2 amide bonds. The molecule has 1 atom stereocenters. The van der Waals surface area contributed by atoms with Gasteiger partial charge in [0, 0.05) is 29.8 Å². The summed E-state index contributed by atoms with van der Waals surface area (Å²) in [6, 6.07) is 11.0. The van der Waals surface area contributed by atoms with Gasteiger partial charge in [-0.15, -0.1) is 0 Å². The first-order valence-corrected chi connectivity index (χ1v) is 10.8. The maximum atomic E-state index is 12.5. The fourth-order valence-electron chi connectivity index (χ4n) is 2.95. The van der Waals surface area contributed by atoms with Crippen molar-refractivity contribution in [2.45, 2.75) is 30.8 Å². The Kier molecular flexibility index (Phi) is 5.81. The Morgan fingerprint density at radius 2 is 1.89 bits per heavy atom. The van der Waals surface area contributed by atoms with Gasteiger partial charge in [0.25, 0.3) is 11.8 Å². The lowest BCUT2D eigenvalue weighted by molar-refractivity contribution is -0.124. The van der Waals surface area contributed by atoms with Gasteiger partial charge in [-0.05, 0) is 61.7 Å². The van der Waals surface area contributed by atoms with E-state index >= 15 is 0 Å². The molecule has 148 valence electrons. The van der Waals surface area contributed by atoms with Crippen LogP contribution in [0.5, 0.6) is 0 Å². The standard InChI is InChI=1S/C20H22N2O5S/c1-13-11-15(21-20(24)18-7-4-10-27-18)8-9-17(13)22-19(23)14-5-3-6-16(12-14)28(2,25)26/h3,5-6,8-9,11-12,18H,4,7,10H2,1-2H3,(H,21,24)(H,22,23). The Labute approximate surface area is 164 Å². The average molecular weight is 402 g/mol. The largest absolute Gasteiger partial charge is 0.368 e. The number of carbonyl (C=O) groups is 2. The smallest absolute Gasteiger partial charge is 0.255 e. The quantitative estimate of drug-likeness (QED) is 0.801. The van der Waals surface area contributed by atoms with Crippen molar-refractivity contribution < 1.29 is 22.7 Å². The van der Waals surface area contributed by atoms with Gasteiger partial charge >= 0.3 is 0 Å². The molecule has 1 fully saturated rings. The highest BCUT2D eigenvalue weighted by Crippen LogP contribution is 2.22. The zero-order valence-corrected chi connectivity index (χ0v) is 16.5. The Bertz CT molecular complexity index is 1010. The number of amides is 2. The highest BCUT2D eigenvalue weighted by molar-refractivity contribution is 7.90. The predicted molar refractivity (Wildman–Crippen MR) is 106 cm³/mol. The molecule has 0 saturated carbocycles. The highest BCUT2D eigenvalue weighted by Gasteiger charge is 2.23. The van der Waals surface area contributed by atoms with Crippen LogP contribution >= 0.6 is 0 Å². The van der Waals surface area contributed by atoms with Crippen LogP contribution in [-0.4, -0.2) is 39.2 Å². The van der Waals surface area contributed by atoms with Crippen LogP contribution in [-0.2, 0) is 19.4 Å². The van der Waals surface area contributed by atoms with Crippen LogP contribution in [0, 0.1) is 6.92 Å². The van der Waals surface area contributed by atoms with Crippen LogP contribution in [0.25, 0.3) is 0 Å². The van der Waals surface area contributed by atoms with E-state index in [1.165, 1.54) is 18.2 Å². The third-order valence-electron chi connectivity index (χ3n) is 4.49. The topological polar surface area (TPSA) is 102 Å². The van der Waals surface area contributed by atoms with E-state index in [1.54, 1.807) is 24.3 Å². The first-order chi connectivity index (χ1) is 13.2. The summed E-state index contributed by atoms with van der Waals surface area (Å²) in [5.74, 6) is -0.587. The second-order valence-corrected chi connectivity index (χ2v) is 8.79. The molecule has 0 bridgehead atoms. The summed E-state index contributed by atoms with van der Waals surface area (Å²) in [4.78, 5) is 24.7. The molecule has 1 unspecified atom stereocenters. The van der Waals surface area contributed by atoms with Crippen LogP contribution in [0.4, 0.5) is 11.4 Å². The molecule has 0 aromatic heterocycles. The first kappa shape index (κ1) is 20.0.